The topological polar surface area (TPSA) is 71.1 Å². The average molecular weight is 460 g/mol. The smallest absolute Gasteiger partial charge is 0.254 e. The van der Waals surface area contributed by atoms with Crippen LogP contribution in [0, 0.1) is 0 Å². The zero-order valence-corrected chi connectivity index (χ0v) is 19.3. The van der Waals surface area contributed by atoms with E-state index in [2.05, 4.69) is 10.2 Å². The molecule has 34 heavy (non-hydrogen) atoms. The number of amides is 2. The summed E-state index contributed by atoms with van der Waals surface area (Å²) in [4.78, 5) is 28.9. The molecule has 0 unspecified atom stereocenters. The lowest BCUT2D eigenvalue weighted by Crippen LogP contribution is -2.36. The summed E-state index contributed by atoms with van der Waals surface area (Å²) >= 11 is 0. The molecule has 0 atom stereocenters. The van der Waals surface area contributed by atoms with E-state index in [0.717, 1.165) is 43.3 Å². The van der Waals surface area contributed by atoms with Crippen LogP contribution < -0.4 is 15.0 Å². The van der Waals surface area contributed by atoms with Crippen molar-refractivity contribution < 1.29 is 19.1 Å². The number of carbonyl (C=O) groups is 2. The molecule has 2 amide bonds. The largest absolute Gasteiger partial charge is 0.489 e. The Morgan fingerprint density at radius 3 is 2.29 bits per heavy atom. The van der Waals surface area contributed by atoms with Crippen molar-refractivity contribution in [1.29, 1.82) is 0 Å². The molecular formula is C27H29N3O4. The third kappa shape index (κ3) is 6.36. The second-order valence-corrected chi connectivity index (χ2v) is 8.15. The monoisotopic (exact) mass is 459 g/mol. The van der Waals surface area contributed by atoms with E-state index in [1.807, 2.05) is 66.7 Å². The van der Waals surface area contributed by atoms with Crippen LogP contribution >= 0.6 is 0 Å². The van der Waals surface area contributed by atoms with E-state index in [1.165, 1.54) is 4.90 Å². The van der Waals surface area contributed by atoms with E-state index in [4.69, 9.17) is 9.47 Å². The van der Waals surface area contributed by atoms with Crippen molar-refractivity contribution in [1.82, 2.24) is 4.90 Å². The quantitative estimate of drug-likeness (QED) is 0.555. The van der Waals surface area contributed by atoms with E-state index in [9.17, 15) is 9.59 Å². The van der Waals surface area contributed by atoms with E-state index in [0.29, 0.717) is 17.9 Å². The Hall–Kier alpha value is -3.84. The Balaban J connectivity index is 1.25. The predicted molar refractivity (Wildman–Crippen MR) is 132 cm³/mol. The Kier molecular flexibility index (Phi) is 7.78. The highest BCUT2D eigenvalue weighted by Crippen LogP contribution is 2.19. The zero-order chi connectivity index (χ0) is 23.8. The van der Waals surface area contributed by atoms with Gasteiger partial charge in [0.25, 0.3) is 5.91 Å². The number of morpholine rings is 1. The van der Waals surface area contributed by atoms with E-state index >= 15 is 0 Å². The van der Waals surface area contributed by atoms with Gasteiger partial charge in [0.05, 0.1) is 19.8 Å². The van der Waals surface area contributed by atoms with Gasteiger partial charge in [-0.2, -0.15) is 0 Å². The van der Waals surface area contributed by atoms with E-state index in [1.54, 1.807) is 19.2 Å². The molecule has 0 saturated carbocycles. The number of ether oxygens (including phenoxy) is 2. The molecule has 1 aliphatic heterocycles. The van der Waals surface area contributed by atoms with Crippen LogP contribution in [0.15, 0.2) is 78.9 Å². The lowest BCUT2D eigenvalue weighted by Gasteiger charge is -2.28. The standard InChI is InChI=1S/C27H29N3O4/c1-29(19-26(31)28-23-11-13-24(14-12-23)30-15-17-33-18-16-30)27(32)22-9-7-21(8-10-22)20-34-25-5-3-2-4-6-25/h2-14H,15-20H2,1H3,(H,28,31). The van der Waals surface area contributed by atoms with Crippen LogP contribution in [-0.4, -0.2) is 56.6 Å². The molecule has 1 heterocycles. The highest BCUT2D eigenvalue weighted by atomic mass is 16.5. The molecule has 4 rings (SSSR count). The van der Waals surface area contributed by atoms with Crippen molar-refractivity contribution in [2.24, 2.45) is 0 Å². The number of rotatable bonds is 8. The number of nitrogens with one attached hydrogen (secondary N) is 1. The van der Waals surface area contributed by atoms with Crippen molar-refractivity contribution >= 4 is 23.2 Å². The zero-order valence-electron chi connectivity index (χ0n) is 19.3. The number of carbonyl (C=O) groups excluding carboxylic acids is 2. The third-order valence-corrected chi connectivity index (χ3v) is 5.60. The minimum absolute atomic E-state index is 0.0388. The summed E-state index contributed by atoms with van der Waals surface area (Å²) in [5.41, 5.74) is 3.28. The Labute approximate surface area is 199 Å². The summed E-state index contributed by atoms with van der Waals surface area (Å²) in [6.07, 6.45) is 0. The highest BCUT2D eigenvalue weighted by Gasteiger charge is 2.16. The summed E-state index contributed by atoms with van der Waals surface area (Å²) in [5.74, 6) is 0.334. The second-order valence-electron chi connectivity index (χ2n) is 8.15. The van der Waals surface area contributed by atoms with Gasteiger partial charge >= 0.3 is 0 Å². The van der Waals surface area contributed by atoms with Crippen molar-refractivity contribution in [3.63, 3.8) is 0 Å². The molecule has 3 aromatic rings. The molecular weight excluding hydrogens is 430 g/mol. The first-order valence-electron chi connectivity index (χ1n) is 11.3. The molecule has 0 aromatic heterocycles. The molecule has 1 saturated heterocycles. The van der Waals surface area contributed by atoms with Crippen LogP contribution in [0.5, 0.6) is 5.75 Å². The average Bonchev–Trinajstić information content (AvgIpc) is 2.89. The van der Waals surface area contributed by atoms with Crippen LogP contribution in [0.2, 0.25) is 0 Å². The molecule has 3 aromatic carbocycles. The Morgan fingerprint density at radius 1 is 0.941 bits per heavy atom. The molecule has 0 radical (unpaired) electrons. The van der Waals surface area contributed by atoms with Crippen LogP contribution in [-0.2, 0) is 16.1 Å². The molecule has 176 valence electrons. The molecule has 1 N–H and O–H groups in total. The molecule has 7 heteroatoms. The van der Waals surface area contributed by atoms with Gasteiger partial charge in [-0.3, -0.25) is 9.59 Å². The van der Waals surface area contributed by atoms with Gasteiger partial charge < -0.3 is 24.6 Å². The van der Waals surface area contributed by atoms with Crippen molar-refractivity contribution in [2.45, 2.75) is 6.61 Å². The molecule has 0 bridgehead atoms. The van der Waals surface area contributed by atoms with Crippen LogP contribution in [0.1, 0.15) is 15.9 Å². The van der Waals surface area contributed by atoms with Gasteiger partial charge in [-0.15, -0.1) is 0 Å². The van der Waals surface area contributed by atoms with Gasteiger partial charge in [-0.1, -0.05) is 30.3 Å². The first-order valence-corrected chi connectivity index (χ1v) is 11.3. The van der Waals surface area contributed by atoms with Gasteiger partial charge in [0.15, 0.2) is 0 Å². The summed E-state index contributed by atoms with van der Waals surface area (Å²) < 4.78 is 11.1. The number of hydrogen-bond acceptors (Lipinski definition) is 5. The molecule has 0 spiro atoms. The van der Waals surface area contributed by atoms with Gasteiger partial charge in [-0.05, 0) is 54.1 Å². The summed E-state index contributed by atoms with van der Waals surface area (Å²) in [5, 5.41) is 2.86. The number of para-hydroxylation sites is 1. The Bertz CT molecular complexity index is 1080. The van der Waals surface area contributed by atoms with Crippen molar-refractivity contribution in [3.05, 3.63) is 90.0 Å². The SMILES string of the molecule is CN(CC(=O)Nc1ccc(N2CCOCC2)cc1)C(=O)c1ccc(COc2ccccc2)cc1. The Morgan fingerprint density at radius 2 is 1.62 bits per heavy atom. The number of nitrogens with zero attached hydrogens (tertiary/aromatic N) is 2. The second kappa shape index (κ2) is 11.3. The fourth-order valence-electron chi connectivity index (χ4n) is 3.71. The van der Waals surface area contributed by atoms with E-state index in [-0.39, 0.29) is 18.4 Å². The van der Waals surface area contributed by atoms with E-state index < -0.39 is 0 Å². The highest BCUT2D eigenvalue weighted by molar-refractivity contribution is 5.99. The number of anilines is 2. The van der Waals surface area contributed by atoms with Crippen LogP contribution in [0.4, 0.5) is 11.4 Å². The van der Waals surface area contributed by atoms with Gasteiger partial charge in [0, 0.05) is 37.1 Å². The van der Waals surface area contributed by atoms with Crippen LogP contribution in [0.3, 0.4) is 0 Å². The van der Waals surface area contributed by atoms with Crippen molar-refractivity contribution in [2.75, 3.05) is 50.1 Å². The maximum atomic E-state index is 12.7. The lowest BCUT2D eigenvalue weighted by atomic mass is 10.1. The maximum Gasteiger partial charge on any atom is 0.254 e. The van der Waals surface area contributed by atoms with Gasteiger partial charge in [0.2, 0.25) is 5.91 Å². The molecule has 1 aliphatic rings. The first-order chi connectivity index (χ1) is 16.6. The normalized spacial score (nSPS) is 13.3. The molecule has 7 nitrogen and oxygen atoms in total. The number of benzene rings is 3. The van der Waals surface area contributed by atoms with Gasteiger partial charge in [-0.25, -0.2) is 0 Å². The first kappa shape index (κ1) is 23.3. The minimum atomic E-state index is -0.247. The fraction of sp³-hybridized carbons (Fsp3) is 0.259. The summed E-state index contributed by atoms with van der Waals surface area (Å²) in [6, 6.07) is 24.5. The summed E-state index contributed by atoms with van der Waals surface area (Å²) in [6.45, 7) is 3.55. The van der Waals surface area contributed by atoms with Crippen molar-refractivity contribution in [3.8, 4) is 5.75 Å². The third-order valence-electron chi connectivity index (χ3n) is 5.60. The number of likely N-dealkylation sites (N-methyl/N-ethyl adjacent to an activating group) is 1. The predicted octanol–water partition coefficient (Wildman–Crippen LogP) is 3.81. The number of hydrogen-bond donors (Lipinski definition) is 1. The minimum Gasteiger partial charge on any atom is -0.489 e. The molecule has 0 aliphatic carbocycles. The fourth-order valence-corrected chi connectivity index (χ4v) is 3.71. The summed E-state index contributed by atoms with van der Waals surface area (Å²) in [7, 11) is 1.62. The van der Waals surface area contributed by atoms with Crippen LogP contribution in [0.25, 0.3) is 0 Å². The maximum absolute atomic E-state index is 12.7. The van der Waals surface area contributed by atoms with Gasteiger partial charge in [0.1, 0.15) is 12.4 Å². The lowest BCUT2D eigenvalue weighted by molar-refractivity contribution is -0.116. The molecule has 1 fully saturated rings.